The van der Waals surface area contributed by atoms with Gasteiger partial charge in [0, 0.05) is 76.3 Å². The Balaban J connectivity index is 1.22. The second kappa shape index (κ2) is 17.4. The van der Waals surface area contributed by atoms with Crippen LogP contribution < -0.4 is 27.3 Å². The molecule has 0 unspecified atom stereocenters. The van der Waals surface area contributed by atoms with Gasteiger partial charge in [-0.05, 0) is 194 Å². The van der Waals surface area contributed by atoms with Crippen molar-refractivity contribution >= 4 is 128 Å². The quantitative estimate of drug-likeness (QED) is 0.135. The van der Waals surface area contributed by atoms with Gasteiger partial charge in [0.1, 0.15) is 0 Å². The largest absolute Gasteiger partial charge is 0.375 e. The lowest BCUT2D eigenvalue weighted by Gasteiger charge is -2.43. The first-order valence-corrected chi connectivity index (χ1v) is 34.5. The number of benzene rings is 9. The van der Waals surface area contributed by atoms with Gasteiger partial charge < -0.3 is 18.2 Å². The Labute approximate surface area is 546 Å². The molecular weight excluding hydrogens is 1110 g/mol. The maximum Gasteiger partial charge on any atom is 0.333 e. The van der Waals surface area contributed by atoms with E-state index in [4.69, 9.17) is 0 Å². The van der Waals surface area contributed by atoms with Crippen molar-refractivity contribution in [1.29, 1.82) is 0 Å². The van der Waals surface area contributed by atoms with E-state index in [2.05, 4.69) is 306 Å². The van der Waals surface area contributed by atoms with Crippen LogP contribution in [0.2, 0.25) is 0 Å². The number of nitrogens with zero attached hydrogens (tertiary/aromatic N) is 4. The predicted octanol–water partition coefficient (Wildman–Crippen LogP) is 19.6. The van der Waals surface area contributed by atoms with E-state index in [-0.39, 0.29) is 56.9 Å². The molecule has 8 heterocycles. The van der Waals surface area contributed by atoms with Gasteiger partial charge in [0.05, 0.1) is 39.1 Å². The Kier molecular flexibility index (Phi) is 11.0. The van der Waals surface area contributed by atoms with Gasteiger partial charge in [0.2, 0.25) is 0 Å². The number of hydrogen-bond donors (Lipinski definition) is 0. The van der Waals surface area contributed by atoms with E-state index in [0.717, 1.165) is 0 Å². The molecule has 92 heavy (non-hydrogen) atoms. The Morgan fingerprint density at radius 1 is 0.250 bits per heavy atom. The van der Waals surface area contributed by atoms with Crippen LogP contribution in [0.3, 0.4) is 0 Å². The number of rotatable bonds is 0. The van der Waals surface area contributed by atoms with E-state index in [9.17, 15) is 0 Å². The fourth-order valence-electron chi connectivity index (χ4n) is 17.3. The third-order valence-corrected chi connectivity index (χ3v) is 22.7. The highest BCUT2D eigenvalue weighted by atomic mass is 15.1. The maximum absolute atomic E-state index is 2.88. The van der Waals surface area contributed by atoms with Gasteiger partial charge >= 0.3 is 6.85 Å². The molecule has 0 fully saturated rings. The Hall–Kier alpha value is -7.69. The van der Waals surface area contributed by atoms with Crippen LogP contribution in [0.25, 0.3) is 115 Å². The van der Waals surface area contributed by atoms with Crippen LogP contribution >= 0.6 is 0 Å². The highest BCUT2D eigenvalue weighted by molar-refractivity contribution is 7.01. The van der Waals surface area contributed by atoms with Gasteiger partial charge in [0.25, 0.3) is 6.71 Å². The molecule has 17 rings (SSSR count). The van der Waals surface area contributed by atoms with Crippen LogP contribution in [0.5, 0.6) is 0 Å². The van der Waals surface area contributed by atoms with E-state index in [0.29, 0.717) is 0 Å². The summed E-state index contributed by atoms with van der Waals surface area (Å²) in [5.41, 5.74) is 34.3. The summed E-state index contributed by atoms with van der Waals surface area (Å²) < 4.78 is 11.4. The van der Waals surface area contributed by atoms with Gasteiger partial charge in [-0.25, -0.2) is 0 Å². The van der Waals surface area contributed by atoms with Gasteiger partial charge in [-0.15, -0.1) is 0 Å². The van der Waals surface area contributed by atoms with Crippen LogP contribution in [-0.2, 0) is 43.3 Å². The summed E-state index contributed by atoms with van der Waals surface area (Å²) in [5, 5.41) is 10.7. The smallest absolute Gasteiger partial charge is 0.333 e. The van der Waals surface area contributed by atoms with Crippen molar-refractivity contribution in [3.63, 3.8) is 0 Å². The fourth-order valence-corrected chi connectivity index (χ4v) is 17.3. The topological polar surface area (TPSA) is 19.7 Å². The minimum atomic E-state index is -0.193. The minimum Gasteiger partial charge on any atom is -0.375 e. The van der Waals surface area contributed by atoms with Crippen LogP contribution in [0.1, 0.15) is 211 Å². The monoisotopic (exact) mass is 1200 g/mol. The zero-order valence-corrected chi connectivity index (χ0v) is 59.5. The average molecular weight is 1200 g/mol. The van der Waals surface area contributed by atoms with Crippen molar-refractivity contribution in [2.24, 2.45) is 0 Å². The second-order valence-electron chi connectivity index (χ2n) is 37.2. The molecule has 0 radical (unpaired) electrons. The van der Waals surface area contributed by atoms with Gasteiger partial charge in [-0.1, -0.05) is 209 Å². The summed E-state index contributed by atoms with van der Waals surface area (Å²) in [6, 6.07) is 51.4. The molecule has 4 aromatic heterocycles. The molecule has 0 saturated heterocycles. The van der Waals surface area contributed by atoms with Crippen LogP contribution in [0, 0.1) is 0 Å². The molecule has 0 amide bonds. The molecule has 0 saturated carbocycles. The fraction of sp³-hybridized carbons (Fsp3) is 0.372. The lowest BCUT2D eigenvalue weighted by molar-refractivity contribution is 0.590. The first-order valence-electron chi connectivity index (χ1n) is 34.5. The normalized spacial score (nSPS) is 14.9. The summed E-state index contributed by atoms with van der Waals surface area (Å²) in [5.74, 6) is 0. The number of aromatic nitrogens is 4. The van der Waals surface area contributed by atoms with Crippen LogP contribution in [0.4, 0.5) is 0 Å². The van der Waals surface area contributed by atoms with Crippen molar-refractivity contribution in [3.8, 4) is 28.2 Å². The maximum atomic E-state index is 2.88. The Morgan fingerprint density at radius 3 is 0.902 bits per heavy atom. The average Bonchev–Trinajstić information content (AvgIpc) is 1.34. The van der Waals surface area contributed by atoms with E-state index in [1.165, 1.54) is 187 Å². The van der Waals surface area contributed by atoms with Gasteiger partial charge in [-0.2, -0.15) is 0 Å². The summed E-state index contributed by atoms with van der Waals surface area (Å²) in [4.78, 5) is 0. The summed E-state index contributed by atoms with van der Waals surface area (Å²) in [6.45, 7) is 57.5. The Bertz CT molecular complexity index is 5580. The van der Waals surface area contributed by atoms with Crippen LogP contribution in [-0.4, -0.2) is 31.7 Å². The molecule has 13 aromatic rings. The molecule has 0 atom stereocenters. The first kappa shape index (κ1) is 58.2. The molecule has 0 N–H and O–H groups in total. The predicted molar refractivity (Wildman–Crippen MR) is 403 cm³/mol. The van der Waals surface area contributed by atoms with Crippen molar-refractivity contribution in [2.45, 2.75) is 209 Å². The Morgan fingerprint density at radius 2 is 0.533 bits per heavy atom. The van der Waals surface area contributed by atoms with Crippen molar-refractivity contribution < 1.29 is 0 Å². The molecule has 0 aliphatic carbocycles. The number of fused-ring (bicyclic) bond motifs is 22. The lowest BCUT2D eigenvalue weighted by atomic mass is 9.32. The van der Waals surface area contributed by atoms with Crippen molar-refractivity contribution in [2.75, 3.05) is 0 Å². The van der Waals surface area contributed by atoms with E-state index < -0.39 is 0 Å². The first-order chi connectivity index (χ1) is 42.7. The highest BCUT2D eigenvalue weighted by Gasteiger charge is 2.52. The van der Waals surface area contributed by atoms with Crippen molar-refractivity contribution in [3.05, 3.63) is 166 Å². The SMILES string of the molecule is CC(C)(C)c1ccc2c(c1)c1cc(C(C)(C)C)cc3c1n2B1c2c-3c3c4c(c2-n2c5ccc(C(C)(C)C)cc5c5cc(C(C)(C)C)cc1c52)-n1c2ccc(C(C)(C)C)cc2c2cc(C(C)(C)C)cc(c21)B4c1cc(C(C)(C)C)cc2c4cc(C(C)(C)C)ccc4n-3c12. The molecule has 4 aliphatic heterocycles. The third kappa shape index (κ3) is 7.56. The molecular formula is C86H92B2N4. The standard InChI is InChI=1S/C86H92B2N4/c1-79(2,3)45-25-29-65-53(33-45)58-38-50(84(16,17)18)42-62-73(58)89(65)76-69-61-41-49(83(13,14)15)37-57-56-36-48(82(10,11)12)28-32-68(56)92(72(57)61)88-64-44-52(86(22,23)24)40-60-55-35-47(81(7,8)9)27-31-67(55)91(75(60)64)77(70(69)88)78-71(76)87(62)63-43-51(85(19,20)21)39-59-54-34-46(80(4,5)6)26-30-66(54)90(78)74(59)63/h25-44H,1-24H3. The van der Waals surface area contributed by atoms with E-state index in [1.54, 1.807) is 0 Å². The number of hydrogen-bond acceptors (Lipinski definition) is 0. The summed E-state index contributed by atoms with van der Waals surface area (Å²) in [7, 11) is 0. The van der Waals surface area contributed by atoms with Gasteiger partial charge in [-0.3, -0.25) is 0 Å². The minimum absolute atomic E-state index is 0.0547. The van der Waals surface area contributed by atoms with E-state index in [1.807, 2.05) is 0 Å². The highest BCUT2D eigenvalue weighted by Crippen LogP contribution is 2.53. The molecule has 6 heteroatoms. The molecule has 4 nitrogen and oxygen atoms in total. The van der Waals surface area contributed by atoms with Crippen molar-refractivity contribution in [1.82, 2.24) is 18.2 Å². The lowest BCUT2D eigenvalue weighted by Crippen LogP contribution is -2.63. The van der Waals surface area contributed by atoms with Crippen LogP contribution in [0.15, 0.2) is 121 Å². The zero-order valence-electron chi connectivity index (χ0n) is 59.5. The molecule has 0 bridgehead atoms. The van der Waals surface area contributed by atoms with E-state index >= 15 is 0 Å². The third-order valence-electron chi connectivity index (χ3n) is 22.7. The second-order valence-corrected chi connectivity index (χ2v) is 37.2. The molecule has 9 aromatic carbocycles. The summed E-state index contributed by atoms with van der Waals surface area (Å²) >= 11 is 0. The molecule has 462 valence electrons. The summed E-state index contributed by atoms with van der Waals surface area (Å²) in [6.07, 6.45) is 0. The molecule has 4 aliphatic rings. The molecule has 0 spiro atoms. The zero-order chi connectivity index (χ0) is 65.2. The van der Waals surface area contributed by atoms with Gasteiger partial charge in [0.15, 0.2) is 0 Å².